The van der Waals surface area contributed by atoms with Gasteiger partial charge in [0.2, 0.25) is 5.91 Å². The Morgan fingerprint density at radius 2 is 2.08 bits per heavy atom. The molecule has 0 radical (unpaired) electrons. The van der Waals surface area contributed by atoms with Crippen molar-refractivity contribution in [1.82, 2.24) is 14.8 Å². The first-order valence-corrected chi connectivity index (χ1v) is 8.79. The predicted molar refractivity (Wildman–Crippen MR) is 96.4 cm³/mol. The van der Waals surface area contributed by atoms with Gasteiger partial charge in [-0.2, -0.15) is 0 Å². The van der Waals surface area contributed by atoms with E-state index in [1.165, 1.54) is 11.8 Å². The number of thioether (sulfide) groups is 1. The zero-order chi connectivity index (χ0) is 17.6. The summed E-state index contributed by atoms with van der Waals surface area (Å²) < 4.78 is 6.93. The van der Waals surface area contributed by atoms with Gasteiger partial charge in [-0.3, -0.25) is 4.79 Å². The Hall–Kier alpha value is -1.86. The van der Waals surface area contributed by atoms with E-state index < -0.39 is 0 Å². The Labute approximate surface area is 147 Å². The van der Waals surface area contributed by atoms with Crippen molar-refractivity contribution in [3.8, 4) is 0 Å². The summed E-state index contributed by atoms with van der Waals surface area (Å²) in [5.41, 5.74) is 1.94. The number of aromatic nitrogens is 3. The van der Waals surface area contributed by atoms with Gasteiger partial charge in [0.1, 0.15) is 6.33 Å². The molecule has 2 rings (SSSR count). The van der Waals surface area contributed by atoms with Crippen LogP contribution in [0.15, 0.2) is 35.7 Å². The lowest BCUT2D eigenvalue weighted by molar-refractivity contribution is -0.113. The van der Waals surface area contributed by atoms with Crippen LogP contribution in [0.1, 0.15) is 26.3 Å². The van der Waals surface area contributed by atoms with E-state index in [2.05, 4.69) is 36.3 Å². The number of para-hydroxylation sites is 1. The second kappa shape index (κ2) is 8.30. The first kappa shape index (κ1) is 18.5. The monoisotopic (exact) mass is 348 g/mol. The van der Waals surface area contributed by atoms with Crippen LogP contribution in [0.5, 0.6) is 0 Å². The van der Waals surface area contributed by atoms with Crippen LogP contribution < -0.4 is 5.32 Å². The van der Waals surface area contributed by atoms with Gasteiger partial charge in [-0.1, -0.05) is 50.7 Å². The zero-order valence-corrected chi connectivity index (χ0v) is 15.4. The average Bonchev–Trinajstić information content (AvgIpc) is 2.98. The van der Waals surface area contributed by atoms with Crippen molar-refractivity contribution in [3.05, 3.63) is 36.2 Å². The van der Waals surface area contributed by atoms with Crippen molar-refractivity contribution in [2.45, 2.75) is 37.9 Å². The smallest absolute Gasteiger partial charge is 0.234 e. The third-order valence-electron chi connectivity index (χ3n) is 3.46. The molecular weight excluding hydrogens is 324 g/mol. The maximum absolute atomic E-state index is 12.3. The minimum Gasteiger partial charge on any atom is -0.383 e. The molecule has 0 unspecified atom stereocenters. The van der Waals surface area contributed by atoms with E-state index in [0.29, 0.717) is 18.3 Å². The van der Waals surface area contributed by atoms with E-state index >= 15 is 0 Å². The fourth-order valence-corrected chi connectivity index (χ4v) is 3.00. The lowest BCUT2D eigenvalue weighted by Gasteiger charge is -2.22. The summed E-state index contributed by atoms with van der Waals surface area (Å²) in [5.74, 6) is 0.224. The Morgan fingerprint density at radius 1 is 1.33 bits per heavy atom. The van der Waals surface area contributed by atoms with Gasteiger partial charge in [-0.05, 0) is 17.0 Å². The van der Waals surface area contributed by atoms with E-state index in [1.807, 2.05) is 28.8 Å². The second-order valence-electron chi connectivity index (χ2n) is 6.43. The van der Waals surface area contributed by atoms with Crippen molar-refractivity contribution >= 4 is 23.4 Å². The number of amides is 1. The molecule has 2 aromatic rings. The van der Waals surface area contributed by atoms with Crippen molar-refractivity contribution in [2.75, 3.05) is 24.8 Å². The molecular formula is C17H24N4O2S. The van der Waals surface area contributed by atoms with Gasteiger partial charge >= 0.3 is 0 Å². The Bertz CT molecular complexity index is 679. The number of methoxy groups -OCH3 is 1. The van der Waals surface area contributed by atoms with Gasteiger partial charge in [0.15, 0.2) is 5.16 Å². The van der Waals surface area contributed by atoms with Crippen LogP contribution in [0.4, 0.5) is 5.69 Å². The molecule has 1 heterocycles. The van der Waals surface area contributed by atoms with Gasteiger partial charge in [0.25, 0.3) is 0 Å². The summed E-state index contributed by atoms with van der Waals surface area (Å²) in [7, 11) is 1.65. The summed E-state index contributed by atoms with van der Waals surface area (Å²) in [5, 5.41) is 11.6. The zero-order valence-electron chi connectivity index (χ0n) is 14.6. The molecule has 1 N–H and O–H groups in total. The van der Waals surface area contributed by atoms with Gasteiger partial charge in [-0.25, -0.2) is 0 Å². The SMILES string of the molecule is COCCn1cnnc1SCC(=O)Nc1ccccc1C(C)(C)C. The summed E-state index contributed by atoms with van der Waals surface area (Å²) >= 11 is 1.37. The average molecular weight is 348 g/mol. The van der Waals surface area contributed by atoms with Crippen molar-refractivity contribution < 1.29 is 9.53 Å². The maximum Gasteiger partial charge on any atom is 0.234 e. The highest BCUT2D eigenvalue weighted by Crippen LogP contribution is 2.29. The quantitative estimate of drug-likeness (QED) is 0.779. The summed E-state index contributed by atoms with van der Waals surface area (Å²) in [6.45, 7) is 7.64. The number of hydrogen-bond acceptors (Lipinski definition) is 5. The number of benzene rings is 1. The number of nitrogens with one attached hydrogen (secondary N) is 1. The summed E-state index contributed by atoms with van der Waals surface area (Å²) in [6.07, 6.45) is 1.65. The van der Waals surface area contributed by atoms with Crippen LogP contribution in [-0.4, -0.2) is 40.1 Å². The first-order chi connectivity index (χ1) is 11.4. The first-order valence-electron chi connectivity index (χ1n) is 7.80. The number of carbonyl (C=O) groups excluding carboxylic acids is 1. The molecule has 0 aliphatic carbocycles. The molecule has 0 saturated heterocycles. The lowest BCUT2D eigenvalue weighted by atomic mass is 9.86. The van der Waals surface area contributed by atoms with E-state index in [9.17, 15) is 4.79 Å². The highest BCUT2D eigenvalue weighted by atomic mass is 32.2. The van der Waals surface area contributed by atoms with Crippen molar-refractivity contribution in [3.63, 3.8) is 0 Å². The molecule has 0 aliphatic heterocycles. The number of anilines is 1. The van der Waals surface area contributed by atoms with E-state index in [-0.39, 0.29) is 17.1 Å². The highest BCUT2D eigenvalue weighted by Gasteiger charge is 2.18. The molecule has 7 heteroatoms. The van der Waals surface area contributed by atoms with Gasteiger partial charge in [-0.15, -0.1) is 10.2 Å². The third kappa shape index (κ3) is 5.07. The van der Waals surface area contributed by atoms with Crippen LogP contribution >= 0.6 is 11.8 Å². The fourth-order valence-electron chi connectivity index (χ4n) is 2.26. The summed E-state index contributed by atoms with van der Waals surface area (Å²) in [4.78, 5) is 12.3. The minimum absolute atomic E-state index is 0.0304. The number of ether oxygens (including phenoxy) is 1. The standard InChI is InChI=1S/C17H24N4O2S/c1-17(2,3)13-7-5-6-8-14(13)19-15(22)11-24-16-20-18-12-21(16)9-10-23-4/h5-8,12H,9-11H2,1-4H3,(H,19,22). The molecule has 0 spiro atoms. The van der Waals surface area contributed by atoms with Gasteiger partial charge < -0.3 is 14.6 Å². The molecule has 130 valence electrons. The minimum atomic E-state index is -0.0574. The fraction of sp³-hybridized carbons (Fsp3) is 0.471. The van der Waals surface area contributed by atoms with E-state index in [4.69, 9.17) is 4.74 Å². The molecule has 0 saturated carbocycles. The van der Waals surface area contributed by atoms with Crippen LogP contribution in [0.2, 0.25) is 0 Å². The third-order valence-corrected chi connectivity index (χ3v) is 4.44. The molecule has 1 aromatic carbocycles. The summed E-state index contributed by atoms with van der Waals surface area (Å²) in [6, 6.07) is 7.90. The molecule has 0 fully saturated rings. The predicted octanol–water partition coefficient (Wildman–Crippen LogP) is 2.95. The Kier molecular flexibility index (Phi) is 6.39. The number of nitrogens with zero attached hydrogens (tertiary/aromatic N) is 3. The second-order valence-corrected chi connectivity index (χ2v) is 7.37. The van der Waals surface area contributed by atoms with E-state index in [0.717, 1.165) is 11.3 Å². The van der Waals surface area contributed by atoms with Crippen LogP contribution in [0.25, 0.3) is 0 Å². The molecule has 24 heavy (non-hydrogen) atoms. The van der Waals surface area contributed by atoms with Crippen molar-refractivity contribution in [2.24, 2.45) is 0 Å². The topological polar surface area (TPSA) is 69.0 Å². The number of carbonyl (C=O) groups is 1. The molecule has 6 nitrogen and oxygen atoms in total. The molecule has 1 aromatic heterocycles. The Morgan fingerprint density at radius 3 is 2.79 bits per heavy atom. The van der Waals surface area contributed by atoms with Crippen molar-refractivity contribution in [1.29, 1.82) is 0 Å². The number of hydrogen-bond donors (Lipinski definition) is 1. The number of rotatable bonds is 7. The van der Waals surface area contributed by atoms with Gasteiger partial charge in [0, 0.05) is 19.3 Å². The van der Waals surface area contributed by atoms with Gasteiger partial charge in [0.05, 0.1) is 12.4 Å². The highest BCUT2D eigenvalue weighted by molar-refractivity contribution is 7.99. The Balaban J connectivity index is 1.97. The molecule has 0 aliphatic rings. The lowest BCUT2D eigenvalue weighted by Crippen LogP contribution is -2.20. The van der Waals surface area contributed by atoms with Crippen LogP contribution in [0, 0.1) is 0 Å². The molecule has 0 atom stereocenters. The van der Waals surface area contributed by atoms with E-state index in [1.54, 1.807) is 13.4 Å². The molecule has 1 amide bonds. The largest absolute Gasteiger partial charge is 0.383 e. The molecule has 0 bridgehead atoms. The van der Waals surface area contributed by atoms with Crippen LogP contribution in [-0.2, 0) is 21.5 Å². The normalized spacial score (nSPS) is 11.5. The van der Waals surface area contributed by atoms with Crippen LogP contribution in [0.3, 0.4) is 0 Å². The maximum atomic E-state index is 12.3.